The summed E-state index contributed by atoms with van der Waals surface area (Å²) in [5.41, 5.74) is -0.0407. The van der Waals surface area contributed by atoms with Crippen molar-refractivity contribution in [3.63, 3.8) is 0 Å². The summed E-state index contributed by atoms with van der Waals surface area (Å²) in [6.45, 7) is 1.74. The van der Waals surface area contributed by atoms with Crippen LogP contribution < -0.4 is 0 Å². The fraction of sp³-hybridized carbons (Fsp3) is 0.500. The second-order valence-corrected chi connectivity index (χ2v) is 6.37. The zero-order valence-corrected chi connectivity index (χ0v) is 14.4. The van der Waals surface area contributed by atoms with Crippen LogP contribution in [0.2, 0.25) is 5.02 Å². The fourth-order valence-electron chi connectivity index (χ4n) is 2.58. The van der Waals surface area contributed by atoms with E-state index in [4.69, 9.17) is 11.6 Å². The van der Waals surface area contributed by atoms with Crippen molar-refractivity contribution in [3.8, 4) is 0 Å². The molecule has 0 bridgehead atoms. The van der Waals surface area contributed by atoms with Crippen LogP contribution in [0.4, 0.5) is 0 Å². The molecular formula is C14H18BrClN2OS. The number of hydrogen-bond donors (Lipinski definition) is 1. The largest absolute Gasteiger partial charge is 0.366 e. The van der Waals surface area contributed by atoms with Crippen molar-refractivity contribution in [1.82, 2.24) is 4.90 Å². The van der Waals surface area contributed by atoms with Crippen LogP contribution in [0.15, 0.2) is 29.3 Å². The first-order valence-electron chi connectivity index (χ1n) is 6.63. The molecule has 6 heteroatoms. The molecule has 1 aromatic carbocycles. The van der Waals surface area contributed by atoms with Crippen LogP contribution in [-0.4, -0.2) is 34.0 Å². The molecule has 1 atom stereocenters. The van der Waals surface area contributed by atoms with E-state index in [1.54, 1.807) is 11.8 Å². The average Bonchev–Trinajstić information content (AvgIpc) is 2.67. The Morgan fingerprint density at radius 1 is 1.20 bits per heavy atom. The number of thioether (sulfide) groups is 1. The third-order valence-electron chi connectivity index (χ3n) is 3.67. The van der Waals surface area contributed by atoms with Crippen molar-refractivity contribution in [2.75, 3.05) is 18.8 Å². The van der Waals surface area contributed by atoms with Crippen LogP contribution in [0, 0.1) is 0 Å². The monoisotopic (exact) mass is 376 g/mol. The number of fused-ring (bicyclic) bond motifs is 1. The molecule has 0 spiro atoms. The Balaban J connectivity index is 0.00000147. The van der Waals surface area contributed by atoms with Crippen LogP contribution >= 0.6 is 40.3 Å². The van der Waals surface area contributed by atoms with E-state index >= 15 is 0 Å². The standard InChI is InChI=1S/C14H17ClN2OS.BrH/c15-12-6-4-11(5-7-12)14(18)10-19-13-16-8-2-1-3-9-17(13)14;/h4-7,18H,1-3,8-10H2;1H. The number of nitrogens with zero attached hydrogens (tertiary/aromatic N) is 2. The Labute approximate surface area is 139 Å². The van der Waals surface area contributed by atoms with Crippen molar-refractivity contribution in [1.29, 1.82) is 0 Å². The average molecular weight is 378 g/mol. The molecule has 1 saturated heterocycles. The van der Waals surface area contributed by atoms with Gasteiger partial charge in [0.1, 0.15) is 0 Å². The molecule has 1 N–H and O–H groups in total. The lowest BCUT2D eigenvalue weighted by molar-refractivity contribution is -0.0488. The van der Waals surface area contributed by atoms with E-state index in [-0.39, 0.29) is 17.0 Å². The molecule has 110 valence electrons. The predicted molar refractivity (Wildman–Crippen MR) is 91.0 cm³/mol. The number of benzene rings is 1. The Kier molecular flexibility index (Phi) is 5.40. The quantitative estimate of drug-likeness (QED) is 0.811. The minimum absolute atomic E-state index is 0. The first kappa shape index (κ1) is 16.1. The van der Waals surface area contributed by atoms with E-state index in [2.05, 4.69) is 9.89 Å². The molecule has 0 aliphatic carbocycles. The van der Waals surface area contributed by atoms with Gasteiger partial charge in [-0.25, -0.2) is 0 Å². The van der Waals surface area contributed by atoms with Gasteiger partial charge in [-0.1, -0.05) is 35.5 Å². The summed E-state index contributed by atoms with van der Waals surface area (Å²) in [5, 5.41) is 12.7. The number of halogens is 2. The third-order valence-corrected chi connectivity index (χ3v) is 5.08. The van der Waals surface area contributed by atoms with Crippen LogP contribution in [-0.2, 0) is 5.72 Å². The number of amidine groups is 1. The number of aliphatic hydroxyl groups is 1. The van der Waals surface area contributed by atoms with Gasteiger partial charge in [-0.05, 0) is 31.4 Å². The lowest BCUT2D eigenvalue weighted by Crippen LogP contribution is -2.45. The number of rotatable bonds is 1. The third kappa shape index (κ3) is 3.01. The van der Waals surface area contributed by atoms with Gasteiger partial charge in [-0.15, -0.1) is 17.0 Å². The molecule has 3 rings (SSSR count). The smallest absolute Gasteiger partial charge is 0.175 e. The van der Waals surface area contributed by atoms with Gasteiger partial charge in [0.2, 0.25) is 0 Å². The minimum atomic E-state index is -0.939. The van der Waals surface area contributed by atoms with Gasteiger partial charge in [-0.3, -0.25) is 4.99 Å². The van der Waals surface area contributed by atoms with Crippen LogP contribution in [0.3, 0.4) is 0 Å². The maximum atomic E-state index is 11.0. The summed E-state index contributed by atoms with van der Waals surface area (Å²) in [6.07, 6.45) is 3.43. The molecule has 0 amide bonds. The molecule has 0 saturated carbocycles. The molecule has 20 heavy (non-hydrogen) atoms. The van der Waals surface area contributed by atoms with E-state index in [9.17, 15) is 5.11 Å². The molecule has 0 radical (unpaired) electrons. The lowest BCUT2D eigenvalue weighted by atomic mass is 10.0. The molecule has 2 aliphatic rings. The topological polar surface area (TPSA) is 35.8 Å². The molecule has 1 unspecified atom stereocenters. The first-order valence-corrected chi connectivity index (χ1v) is 8.00. The molecule has 2 aliphatic heterocycles. The number of aliphatic imine (C=N–C) groups is 1. The number of hydrogen-bond acceptors (Lipinski definition) is 4. The van der Waals surface area contributed by atoms with E-state index in [1.165, 1.54) is 6.42 Å². The molecule has 2 heterocycles. The van der Waals surface area contributed by atoms with E-state index in [0.29, 0.717) is 10.8 Å². The molecule has 1 aromatic rings. The zero-order chi connectivity index (χ0) is 13.3. The minimum Gasteiger partial charge on any atom is -0.366 e. The summed E-state index contributed by atoms with van der Waals surface area (Å²) in [4.78, 5) is 6.66. The SMILES string of the molecule is Br.OC1(c2ccc(Cl)cc2)CSC2=NCCCCCN21. The van der Waals surface area contributed by atoms with E-state index in [1.807, 2.05) is 24.3 Å². The van der Waals surface area contributed by atoms with Crippen molar-refractivity contribution in [3.05, 3.63) is 34.9 Å². The summed E-state index contributed by atoms with van der Waals surface area (Å²) >= 11 is 7.57. The zero-order valence-electron chi connectivity index (χ0n) is 11.1. The summed E-state index contributed by atoms with van der Waals surface area (Å²) in [7, 11) is 0. The second-order valence-electron chi connectivity index (χ2n) is 4.99. The Morgan fingerprint density at radius 2 is 1.95 bits per heavy atom. The molecule has 1 fully saturated rings. The highest BCUT2D eigenvalue weighted by molar-refractivity contribution is 8.93. The predicted octanol–water partition coefficient (Wildman–Crippen LogP) is 3.65. The fourth-order valence-corrected chi connectivity index (χ4v) is 3.94. The summed E-state index contributed by atoms with van der Waals surface area (Å²) in [5.74, 6) is 0.632. The molecule has 3 nitrogen and oxygen atoms in total. The highest BCUT2D eigenvalue weighted by Gasteiger charge is 2.44. The van der Waals surface area contributed by atoms with Gasteiger partial charge in [0, 0.05) is 23.7 Å². The first-order chi connectivity index (χ1) is 9.20. The summed E-state index contributed by atoms with van der Waals surface area (Å²) < 4.78 is 0. The Bertz CT molecular complexity index is 496. The van der Waals surface area contributed by atoms with Crippen molar-refractivity contribution in [2.45, 2.75) is 25.0 Å². The molecular weight excluding hydrogens is 360 g/mol. The van der Waals surface area contributed by atoms with Gasteiger partial charge in [0.25, 0.3) is 0 Å². The maximum Gasteiger partial charge on any atom is 0.175 e. The molecule has 0 aromatic heterocycles. The lowest BCUT2D eigenvalue weighted by Gasteiger charge is -2.35. The maximum absolute atomic E-state index is 11.0. The highest BCUT2D eigenvalue weighted by atomic mass is 79.9. The van der Waals surface area contributed by atoms with Crippen LogP contribution in [0.1, 0.15) is 24.8 Å². The Morgan fingerprint density at radius 3 is 2.70 bits per heavy atom. The van der Waals surface area contributed by atoms with E-state index in [0.717, 1.165) is 36.7 Å². The van der Waals surface area contributed by atoms with Gasteiger partial charge in [0.05, 0.1) is 5.75 Å². The highest BCUT2D eigenvalue weighted by Crippen LogP contribution is 2.40. The van der Waals surface area contributed by atoms with Crippen LogP contribution in [0.25, 0.3) is 0 Å². The normalized spacial score (nSPS) is 26.1. The Hall–Kier alpha value is -0.230. The van der Waals surface area contributed by atoms with Crippen molar-refractivity contribution in [2.24, 2.45) is 4.99 Å². The van der Waals surface area contributed by atoms with E-state index < -0.39 is 5.72 Å². The van der Waals surface area contributed by atoms with Gasteiger partial charge in [0.15, 0.2) is 10.9 Å². The van der Waals surface area contributed by atoms with Gasteiger partial charge < -0.3 is 10.0 Å². The van der Waals surface area contributed by atoms with Gasteiger partial charge in [-0.2, -0.15) is 0 Å². The van der Waals surface area contributed by atoms with Crippen molar-refractivity contribution < 1.29 is 5.11 Å². The van der Waals surface area contributed by atoms with Crippen molar-refractivity contribution >= 4 is 45.5 Å². The second kappa shape index (κ2) is 6.69. The van der Waals surface area contributed by atoms with Gasteiger partial charge >= 0.3 is 0 Å². The summed E-state index contributed by atoms with van der Waals surface area (Å²) in [6, 6.07) is 7.48. The van der Waals surface area contributed by atoms with Crippen LogP contribution in [0.5, 0.6) is 0 Å².